The summed E-state index contributed by atoms with van der Waals surface area (Å²) in [5.41, 5.74) is 6.04. The molecular weight excluding hydrogens is 421 g/mol. The second-order valence-corrected chi connectivity index (χ2v) is 8.37. The van der Waals surface area contributed by atoms with Gasteiger partial charge in [0.2, 0.25) is 5.91 Å². The summed E-state index contributed by atoms with van der Waals surface area (Å²) in [5, 5.41) is 5.73. The number of carbonyl (C=O) groups excluding carboxylic acids is 2. The normalized spacial score (nSPS) is 22.7. The molecule has 160 valence electrons. The second kappa shape index (κ2) is 11.9. The average molecular weight is 452 g/mol. The highest BCUT2D eigenvalue weighted by Gasteiger charge is 2.26. The molecule has 1 aromatic rings. The molecule has 1 aliphatic carbocycles. The van der Waals surface area contributed by atoms with Crippen LogP contribution >= 0.6 is 36.2 Å². The molecule has 10 heteroatoms. The van der Waals surface area contributed by atoms with Crippen molar-refractivity contribution >= 4 is 48.0 Å². The fourth-order valence-electron chi connectivity index (χ4n) is 3.65. The number of hydrogen-bond donors (Lipinski definition) is 2. The summed E-state index contributed by atoms with van der Waals surface area (Å²) in [6, 6.07) is 0.336. The van der Waals surface area contributed by atoms with Crippen molar-refractivity contribution in [3.63, 3.8) is 0 Å². The maximum Gasteiger partial charge on any atom is 0.273 e. The number of aromatic nitrogens is 1. The van der Waals surface area contributed by atoms with Crippen LogP contribution in [0.3, 0.4) is 0 Å². The molecule has 1 aromatic heterocycles. The van der Waals surface area contributed by atoms with Gasteiger partial charge in [0, 0.05) is 44.1 Å². The van der Waals surface area contributed by atoms with E-state index < -0.39 is 0 Å². The standard InChI is InChI=1S/C18H29N5O2S.2ClH/c1-13-2-4-14(5-3-13)20-16(24)11-22-6-8-23(9-7-22)18(25)15-12-26-17(10-19)21-15;;/h12-14H,2-11,19H2,1H3,(H,20,24);2*1H. The van der Waals surface area contributed by atoms with E-state index in [4.69, 9.17) is 5.73 Å². The van der Waals surface area contributed by atoms with Crippen LogP contribution in [0.4, 0.5) is 0 Å². The first-order valence-electron chi connectivity index (χ1n) is 9.50. The van der Waals surface area contributed by atoms with Gasteiger partial charge in [0.05, 0.1) is 6.54 Å². The van der Waals surface area contributed by atoms with Gasteiger partial charge >= 0.3 is 0 Å². The molecule has 3 N–H and O–H groups in total. The van der Waals surface area contributed by atoms with Crippen LogP contribution in [0.1, 0.15) is 48.1 Å². The van der Waals surface area contributed by atoms with E-state index in [0.717, 1.165) is 36.9 Å². The number of thiazole rings is 1. The molecule has 0 radical (unpaired) electrons. The fourth-order valence-corrected chi connectivity index (χ4v) is 4.30. The van der Waals surface area contributed by atoms with E-state index in [-0.39, 0.29) is 36.6 Å². The number of rotatable bonds is 5. The lowest BCUT2D eigenvalue weighted by atomic mass is 9.87. The third kappa shape index (κ3) is 6.84. The summed E-state index contributed by atoms with van der Waals surface area (Å²) < 4.78 is 0. The van der Waals surface area contributed by atoms with E-state index in [0.29, 0.717) is 37.9 Å². The zero-order valence-electron chi connectivity index (χ0n) is 16.3. The Bertz CT molecular complexity index is 629. The Hall–Kier alpha value is -0.930. The summed E-state index contributed by atoms with van der Waals surface area (Å²) in [7, 11) is 0. The minimum absolute atomic E-state index is 0. The lowest BCUT2D eigenvalue weighted by molar-refractivity contribution is -0.123. The van der Waals surface area contributed by atoms with Crippen molar-refractivity contribution in [1.82, 2.24) is 20.1 Å². The van der Waals surface area contributed by atoms with Crippen molar-refractivity contribution in [2.45, 2.75) is 45.2 Å². The van der Waals surface area contributed by atoms with Crippen LogP contribution in [0.2, 0.25) is 0 Å². The topological polar surface area (TPSA) is 91.6 Å². The van der Waals surface area contributed by atoms with E-state index >= 15 is 0 Å². The number of nitrogens with two attached hydrogens (primary N) is 1. The molecule has 2 heterocycles. The number of nitrogens with zero attached hydrogens (tertiary/aromatic N) is 3. The first-order valence-corrected chi connectivity index (χ1v) is 10.4. The summed E-state index contributed by atoms with van der Waals surface area (Å²) in [4.78, 5) is 33.0. The fraction of sp³-hybridized carbons (Fsp3) is 0.722. The molecule has 1 aliphatic heterocycles. The molecule has 1 saturated carbocycles. The van der Waals surface area contributed by atoms with Crippen molar-refractivity contribution in [3.8, 4) is 0 Å². The Labute approximate surface area is 183 Å². The lowest BCUT2D eigenvalue weighted by Crippen LogP contribution is -2.52. The molecule has 0 aromatic carbocycles. The van der Waals surface area contributed by atoms with Gasteiger partial charge in [-0.1, -0.05) is 6.92 Å². The van der Waals surface area contributed by atoms with Gasteiger partial charge < -0.3 is 16.0 Å². The Morgan fingerprint density at radius 1 is 1.18 bits per heavy atom. The van der Waals surface area contributed by atoms with Crippen molar-refractivity contribution in [3.05, 3.63) is 16.1 Å². The number of halogens is 2. The minimum Gasteiger partial charge on any atom is -0.352 e. The molecule has 0 spiro atoms. The van der Waals surface area contributed by atoms with E-state index in [9.17, 15) is 9.59 Å². The maximum atomic E-state index is 12.5. The van der Waals surface area contributed by atoms with Gasteiger partial charge in [0.1, 0.15) is 10.7 Å². The molecule has 1 saturated heterocycles. The molecule has 28 heavy (non-hydrogen) atoms. The highest BCUT2D eigenvalue weighted by molar-refractivity contribution is 7.09. The molecule has 7 nitrogen and oxygen atoms in total. The molecule has 2 aliphatic rings. The average Bonchev–Trinajstić information content (AvgIpc) is 3.13. The first-order chi connectivity index (χ1) is 12.5. The van der Waals surface area contributed by atoms with Crippen LogP contribution in [0, 0.1) is 5.92 Å². The van der Waals surface area contributed by atoms with Crippen LogP contribution in [0.15, 0.2) is 5.38 Å². The summed E-state index contributed by atoms with van der Waals surface area (Å²) in [6.07, 6.45) is 4.59. The third-order valence-electron chi connectivity index (χ3n) is 5.35. The summed E-state index contributed by atoms with van der Waals surface area (Å²) in [5.74, 6) is 0.852. The van der Waals surface area contributed by atoms with Crippen LogP contribution in [-0.4, -0.2) is 65.4 Å². The van der Waals surface area contributed by atoms with Crippen LogP contribution < -0.4 is 11.1 Å². The smallest absolute Gasteiger partial charge is 0.273 e. The molecule has 2 amide bonds. The van der Waals surface area contributed by atoms with E-state index in [1.54, 1.807) is 5.38 Å². The van der Waals surface area contributed by atoms with E-state index in [1.807, 2.05) is 4.90 Å². The zero-order chi connectivity index (χ0) is 18.5. The van der Waals surface area contributed by atoms with Crippen molar-refractivity contribution in [2.75, 3.05) is 32.7 Å². The highest BCUT2D eigenvalue weighted by Crippen LogP contribution is 2.23. The number of hydrogen-bond acceptors (Lipinski definition) is 6. The van der Waals surface area contributed by atoms with Gasteiger partial charge in [0.15, 0.2) is 0 Å². The predicted molar refractivity (Wildman–Crippen MR) is 116 cm³/mol. The Balaban J connectivity index is 0.00000196. The Morgan fingerprint density at radius 3 is 2.39 bits per heavy atom. The number of nitrogens with one attached hydrogen (secondary N) is 1. The van der Waals surface area contributed by atoms with Gasteiger partial charge in [-0.25, -0.2) is 4.98 Å². The maximum absolute atomic E-state index is 12.5. The molecule has 0 bridgehead atoms. The zero-order valence-corrected chi connectivity index (χ0v) is 18.7. The quantitative estimate of drug-likeness (QED) is 0.712. The SMILES string of the molecule is CC1CCC(NC(=O)CN2CCN(C(=O)c3csc(CN)n3)CC2)CC1.Cl.Cl. The summed E-state index contributed by atoms with van der Waals surface area (Å²) in [6.45, 7) is 5.75. The van der Waals surface area contributed by atoms with Crippen molar-refractivity contribution in [1.29, 1.82) is 0 Å². The summed E-state index contributed by atoms with van der Waals surface area (Å²) >= 11 is 1.42. The van der Waals surface area contributed by atoms with Gasteiger partial charge in [-0.3, -0.25) is 14.5 Å². The van der Waals surface area contributed by atoms with Gasteiger partial charge in [0.25, 0.3) is 5.91 Å². The highest BCUT2D eigenvalue weighted by atomic mass is 35.5. The molecule has 2 fully saturated rings. The van der Waals surface area contributed by atoms with Crippen LogP contribution in [0.25, 0.3) is 0 Å². The minimum atomic E-state index is -0.0404. The van der Waals surface area contributed by atoms with E-state index in [2.05, 4.69) is 22.1 Å². The predicted octanol–water partition coefficient (Wildman–Crippen LogP) is 1.90. The molecule has 3 rings (SSSR count). The molecule has 0 unspecified atom stereocenters. The van der Waals surface area contributed by atoms with Crippen molar-refractivity contribution in [2.24, 2.45) is 11.7 Å². The number of carbonyl (C=O) groups is 2. The monoisotopic (exact) mass is 451 g/mol. The van der Waals surface area contributed by atoms with Crippen LogP contribution in [-0.2, 0) is 11.3 Å². The number of piperazine rings is 1. The molecule has 0 atom stereocenters. The lowest BCUT2D eigenvalue weighted by Gasteiger charge is -2.34. The molecular formula is C18H31Cl2N5O2S. The second-order valence-electron chi connectivity index (χ2n) is 7.42. The van der Waals surface area contributed by atoms with Crippen LogP contribution in [0.5, 0.6) is 0 Å². The Morgan fingerprint density at radius 2 is 1.82 bits per heavy atom. The third-order valence-corrected chi connectivity index (χ3v) is 6.22. The Kier molecular flexibility index (Phi) is 10.7. The van der Waals surface area contributed by atoms with Gasteiger partial charge in [-0.2, -0.15) is 0 Å². The number of amides is 2. The van der Waals surface area contributed by atoms with Gasteiger partial charge in [-0.05, 0) is 31.6 Å². The van der Waals surface area contributed by atoms with E-state index in [1.165, 1.54) is 24.2 Å². The van der Waals surface area contributed by atoms with Crippen molar-refractivity contribution < 1.29 is 9.59 Å². The van der Waals surface area contributed by atoms with Gasteiger partial charge in [-0.15, -0.1) is 36.2 Å². The largest absolute Gasteiger partial charge is 0.352 e. The first kappa shape index (κ1) is 25.1.